The van der Waals surface area contributed by atoms with E-state index >= 15 is 0 Å². The highest BCUT2D eigenvalue weighted by Gasteiger charge is 2.38. The Kier molecular flexibility index (Phi) is 7.07. The fourth-order valence-corrected chi connectivity index (χ4v) is 5.70. The SMILES string of the molecule is Cc1cccc(C)c1NC(=O)CSC1NCC(S(=O)(=O)c2cccc(Cl)c2)C(=O)N1. The van der Waals surface area contributed by atoms with Crippen molar-refractivity contribution < 1.29 is 18.0 Å². The van der Waals surface area contributed by atoms with Crippen LogP contribution in [0.25, 0.3) is 0 Å². The third-order valence-electron chi connectivity index (χ3n) is 4.68. The van der Waals surface area contributed by atoms with Crippen molar-refractivity contribution >= 4 is 50.7 Å². The maximum atomic E-state index is 12.8. The Morgan fingerprint density at radius 1 is 1.20 bits per heavy atom. The molecular formula is C20H22ClN3O4S2. The Labute approximate surface area is 184 Å². The van der Waals surface area contributed by atoms with Crippen molar-refractivity contribution in [3.05, 3.63) is 58.6 Å². The number of benzene rings is 2. The average Bonchev–Trinajstić information content (AvgIpc) is 2.69. The maximum Gasteiger partial charge on any atom is 0.241 e. The van der Waals surface area contributed by atoms with Gasteiger partial charge in [-0.05, 0) is 43.2 Å². The minimum absolute atomic E-state index is 0.00367. The van der Waals surface area contributed by atoms with Crippen molar-refractivity contribution in [1.82, 2.24) is 10.6 Å². The van der Waals surface area contributed by atoms with Gasteiger partial charge in [0.25, 0.3) is 0 Å². The molecule has 30 heavy (non-hydrogen) atoms. The van der Waals surface area contributed by atoms with Gasteiger partial charge in [0, 0.05) is 17.3 Å². The highest BCUT2D eigenvalue weighted by Crippen LogP contribution is 2.23. The molecule has 0 spiro atoms. The first kappa shape index (κ1) is 22.6. The van der Waals surface area contributed by atoms with E-state index in [1.54, 1.807) is 6.07 Å². The van der Waals surface area contributed by atoms with Crippen LogP contribution < -0.4 is 16.0 Å². The van der Waals surface area contributed by atoms with Crippen molar-refractivity contribution in [2.45, 2.75) is 29.5 Å². The van der Waals surface area contributed by atoms with Crippen LogP contribution in [0.15, 0.2) is 47.4 Å². The fourth-order valence-electron chi connectivity index (χ4n) is 3.09. The van der Waals surface area contributed by atoms with Crippen LogP contribution in [0.4, 0.5) is 5.69 Å². The topological polar surface area (TPSA) is 104 Å². The third kappa shape index (κ3) is 5.15. The number of carbonyl (C=O) groups excluding carboxylic acids is 2. The average molecular weight is 468 g/mol. The molecule has 0 radical (unpaired) electrons. The highest BCUT2D eigenvalue weighted by molar-refractivity contribution is 8.00. The van der Waals surface area contributed by atoms with Crippen LogP contribution in [0.1, 0.15) is 11.1 Å². The maximum absolute atomic E-state index is 12.8. The summed E-state index contributed by atoms with van der Waals surface area (Å²) >= 11 is 7.06. The van der Waals surface area contributed by atoms with E-state index in [1.807, 2.05) is 32.0 Å². The van der Waals surface area contributed by atoms with Gasteiger partial charge in [-0.2, -0.15) is 0 Å². The zero-order valence-corrected chi connectivity index (χ0v) is 18.8. The van der Waals surface area contributed by atoms with Crippen LogP contribution in [0.3, 0.4) is 0 Å². The van der Waals surface area contributed by atoms with Crippen molar-refractivity contribution in [2.24, 2.45) is 0 Å². The Morgan fingerprint density at radius 2 is 1.87 bits per heavy atom. The predicted octanol–water partition coefficient (Wildman–Crippen LogP) is 2.47. The summed E-state index contributed by atoms with van der Waals surface area (Å²) in [4.78, 5) is 24.8. The second kappa shape index (κ2) is 9.38. The van der Waals surface area contributed by atoms with E-state index in [1.165, 1.54) is 30.0 Å². The zero-order chi connectivity index (χ0) is 21.9. The molecule has 2 atom stereocenters. The summed E-state index contributed by atoms with van der Waals surface area (Å²) in [7, 11) is -3.89. The van der Waals surface area contributed by atoms with Crippen LogP contribution in [0, 0.1) is 13.8 Å². The van der Waals surface area contributed by atoms with Crippen LogP contribution in [0.2, 0.25) is 5.02 Å². The first-order valence-electron chi connectivity index (χ1n) is 9.19. The van der Waals surface area contributed by atoms with Crippen LogP contribution in [-0.2, 0) is 19.4 Å². The molecule has 1 fully saturated rings. The molecule has 0 bridgehead atoms. The molecule has 0 aliphatic carbocycles. The monoisotopic (exact) mass is 467 g/mol. The van der Waals surface area contributed by atoms with Crippen molar-refractivity contribution in [3.63, 3.8) is 0 Å². The number of thioether (sulfide) groups is 1. The Balaban J connectivity index is 1.57. The van der Waals surface area contributed by atoms with Gasteiger partial charge >= 0.3 is 0 Å². The predicted molar refractivity (Wildman–Crippen MR) is 119 cm³/mol. The number of para-hydroxylation sites is 1. The van der Waals surface area contributed by atoms with E-state index in [4.69, 9.17) is 11.6 Å². The molecule has 10 heteroatoms. The molecule has 160 valence electrons. The van der Waals surface area contributed by atoms with Gasteiger partial charge < -0.3 is 10.6 Å². The Bertz CT molecular complexity index is 1060. The van der Waals surface area contributed by atoms with Crippen LogP contribution >= 0.6 is 23.4 Å². The molecule has 3 N–H and O–H groups in total. The lowest BCUT2D eigenvalue weighted by atomic mass is 10.1. The number of anilines is 1. The highest BCUT2D eigenvalue weighted by atomic mass is 35.5. The van der Waals surface area contributed by atoms with Gasteiger partial charge in [0.2, 0.25) is 11.8 Å². The summed E-state index contributed by atoms with van der Waals surface area (Å²) < 4.78 is 25.5. The molecule has 2 amide bonds. The molecule has 1 aliphatic rings. The normalized spacial score (nSPS) is 19.2. The Hall–Kier alpha value is -2.07. The second-order valence-electron chi connectivity index (χ2n) is 6.91. The van der Waals surface area contributed by atoms with Gasteiger partial charge in [-0.1, -0.05) is 35.9 Å². The van der Waals surface area contributed by atoms with Gasteiger partial charge in [0.1, 0.15) is 5.50 Å². The molecule has 7 nitrogen and oxygen atoms in total. The lowest BCUT2D eigenvalue weighted by Crippen LogP contribution is -2.59. The largest absolute Gasteiger partial charge is 0.331 e. The molecule has 0 aromatic heterocycles. The van der Waals surface area contributed by atoms with Gasteiger partial charge in [-0.3, -0.25) is 14.9 Å². The zero-order valence-electron chi connectivity index (χ0n) is 16.4. The molecule has 0 saturated carbocycles. The quantitative estimate of drug-likeness (QED) is 0.603. The summed E-state index contributed by atoms with van der Waals surface area (Å²) in [6.07, 6.45) is 0. The van der Waals surface area contributed by atoms with Gasteiger partial charge in [0.15, 0.2) is 15.1 Å². The molecule has 2 aromatic rings. The molecule has 2 unspecified atom stereocenters. The van der Waals surface area contributed by atoms with Crippen molar-refractivity contribution in [3.8, 4) is 0 Å². The van der Waals surface area contributed by atoms with E-state index in [9.17, 15) is 18.0 Å². The fraction of sp³-hybridized carbons (Fsp3) is 0.300. The minimum Gasteiger partial charge on any atom is -0.331 e. The van der Waals surface area contributed by atoms with Gasteiger partial charge in [-0.15, -0.1) is 11.8 Å². The van der Waals surface area contributed by atoms with Crippen LogP contribution in [-0.4, -0.2) is 43.3 Å². The van der Waals surface area contributed by atoms with Gasteiger partial charge in [-0.25, -0.2) is 8.42 Å². The lowest BCUT2D eigenvalue weighted by molar-refractivity contribution is -0.122. The molecular weight excluding hydrogens is 446 g/mol. The van der Waals surface area contributed by atoms with Crippen molar-refractivity contribution in [2.75, 3.05) is 17.6 Å². The Morgan fingerprint density at radius 3 is 2.50 bits per heavy atom. The number of aryl methyl sites for hydroxylation is 2. The van der Waals surface area contributed by atoms with Crippen molar-refractivity contribution in [1.29, 1.82) is 0 Å². The number of nitrogens with one attached hydrogen (secondary N) is 3. The number of sulfone groups is 1. The number of hydrogen-bond donors (Lipinski definition) is 3. The van der Waals surface area contributed by atoms with E-state index in [-0.39, 0.29) is 28.1 Å². The summed E-state index contributed by atoms with van der Waals surface area (Å²) in [5.41, 5.74) is 2.14. The number of halogens is 1. The second-order valence-corrected chi connectivity index (χ2v) is 10.6. The number of rotatable bonds is 6. The number of carbonyl (C=O) groups is 2. The number of hydrogen-bond acceptors (Lipinski definition) is 6. The first-order valence-corrected chi connectivity index (χ1v) is 12.2. The van der Waals surface area contributed by atoms with E-state index < -0.39 is 26.5 Å². The first-order chi connectivity index (χ1) is 14.2. The summed E-state index contributed by atoms with van der Waals surface area (Å²) in [5.74, 6) is -0.722. The van der Waals surface area contributed by atoms with Crippen LogP contribution in [0.5, 0.6) is 0 Å². The summed E-state index contributed by atoms with van der Waals surface area (Å²) in [5, 5.41) is 7.48. The summed E-state index contributed by atoms with van der Waals surface area (Å²) in [6, 6.07) is 11.6. The lowest BCUT2D eigenvalue weighted by Gasteiger charge is -2.29. The molecule has 1 saturated heterocycles. The number of amides is 2. The van der Waals surface area contributed by atoms with E-state index in [2.05, 4.69) is 16.0 Å². The molecule has 2 aromatic carbocycles. The van der Waals surface area contributed by atoms with E-state index in [0.29, 0.717) is 0 Å². The standard InChI is InChI=1S/C20H22ClN3O4S2/c1-12-5-3-6-13(2)18(12)23-17(25)11-29-20-22-10-16(19(26)24-20)30(27,28)15-8-4-7-14(21)9-15/h3-9,16,20,22H,10-11H2,1-2H3,(H,23,25)(H,24,26). The van der Waals surface area contributed by atoms with Gasteiger partial charge in [0.05, 0.1) is 10.6 Å². The summed E-state index contributed by atoms with van der Waals surface area (Å²) in [6.45, 7) is 3.77. The van der Waals surface area contributed by atoms with E-state index in [0.717, 1.165) is 16.8 Å². The smallest absolute Gasteiger partial charge is 0.241 e. The minimum atomic E-state index is -3.89. The molecule has 3 rings (SSSR count). The molecule has 1 aliphatic heterocycles. The third-order valence-corrected chi connectivity index (χ3v) is 8.00. The molecule has 1 heterocycles.